The van der Waals surface area contributed by atoms with E-state index >= 15 is 0 Å². The van der Waals surface area contributed by atoms with E-state index in [1.54, 1.807) is 61.5 Å². The molecule has 248 valence electrons. The molecule has 0 saturated carbocycles. The number of unbranched alkanes of at least 4 members (excludes halogenated alkanes) is 1. The maximum atomic E-state index is 14.3. The molecule has 4 aromatic rings. The topological polar surface area (TPSA) is 96.0 Å². The van der Waals surface area contributed by atoms with Gasteiger partial charge in [0.15, 0.2) is 0 Å². The Bertz CT molecular complexity index is 1750. The zero-order valence-corrected chi connectivity index (χ0v) is 29.0. The molecule has 8 nitrogen and oxygen atoms in total. The minimum atomic E-state index is -4.23. The predicted molar refractivity (Wildman–Crippen MR) is 188 cm³/mol. The van der Waals surface area contributed by atoms with Crippen LogP contribution < -0.4 is 14.4 Å². The van der Waals surface area contributed by atoms with Crippen LogP contribution in [-0.4, -0.2) is 44.3 Å². The van der Waals surface area contributed by atoms with Gasteiger partial charge in [-0.05, 0) is 86.0 Å². The van der Waals surface area contributed by atoms with Gasteiger partial charge in [0.25, 0.3) is 10.0 Å². The van der Waals surface area contributed by atoms with Crippen LogP contribution in [0, 0.1) is 6.92 Å². The van der Waals surface area contributed by atoms with E-state index in [9.17, 15) is 18.0 Å². The maximum Gasteiger partial charge on any atom is 0.264 e. The molecule has 0 aliphatic carbocycles. The first-order valence-electron chi connectivity index (χ1n) is 15.5. The summed E-state index contributed by atoms with van der Waals surface area (Å²) in [5.41, 5.74) is 1.71. The monoisotopic (exact) mass is 695 g/mol. The number of anilines is 1. The zero-order chi connectivity index (χ0) is 34.0. The largest absolute Gasteiger partial charge is 0.457 e. The fraction of sp³-hybridized carbons (Fsp3) is 0.278. The Kier molecular flexibility index (Phi) is 12.7. The average Bonchev–Trinajstić information content (AvgIpc) is 3.05. The molecule has 0 aliphatic rings. The highest BCUT2D eigenvalue weighted by molar-refractivity contribution is 7.92. The van der Waals surface area contributed by atoms with Crippen molar-refractivity contribution >= 4 is 50.7 Å². The summed E-state index contributed by atoms with van der Waals surface area (Å²) in [7, 11) is -4.23. The van der Waals surface area contributed by atoms with E-state index in [0.717, 1.165) is 22.7 Å². The van der Waals surface area contributed by atoms with Crippen LogP contribution in [0.5, 0.6) is 11.5 Å². The maximum absolute atomic E-state index is 14.3. The molecule has 0 spiro atoms. The second-order valence-corrected chi connectivity index (χ2v) is 13.8. The number of nitrogens with zero attached hydrogens (tertiary/aromatic N) is 2. The van der Waals surface area contributed by atoms with E-state index in [1.165, 1.54) is 17.0 Å². The summed E-state index contributed by atoms with van der Waals surface area (Å²) in [4.78, 5) is 29.2. The van der Waals surface area contributed by atoms with Crippen LogP contribution >= 0.6 is 23.2 Å². The number of hydrogen-bond donors (Lipinski definition) is 1. The van der Waals surface area contributed by atoms with Crippen molar-refractivity contribution in [1.82, 2.24) is 10.2 Å². The van der Waals surface area contributed by atoms with Gasteiger partial charge in [0.05, 0.1) is 10.6 Å². The summed E-state index contributed by atoms with van der Waals surface area (Å²) in [6.07, 6.45) is 1.97. The van der Waals surface area contributed by atoms with Crippen molar-refractivity contribution in [2.24, 2.45) is 0 Å². The molecule has 11 heteroatoms. The van der Waals surface area contributed by atoms with E-state index < -0.39 is 28.5 Å². The van der Waals surface area contributed by atoms with Gasteiger partial charge >= 0.3 is 0 Å². The number of aryl methyl sites for hydroxylation is 1. The average molecular weight is 697 g/mol. The van der Waals surface area contributed by atoms with Crippen molar-refractivity contribution in [1.29, 1.82) is 0 Å². The molecule has 0 heterocycles. The van der Waals surface area contributed by atoms with Crippen molar-refractivity contribution in [2.45, 2.75) is 57.5 Å². The summed E-state index contributed by atoms with van der Waals surface area (Å²) in [6.45, 7) is 5.54. The van der Waals surface area contributed by atoms with Crippen LogP contribution in [0.25, 0.3) is 0 Å². The summed E-state index contributed by atoms with van der Waals surface area (Å²) in [5, 5.41) is 3.67. The predicted octanol–water partition coefficient (Wildman–Crippen LogP) is 8.01. The summed E-state index contributed by atoms with van der Waals surface area (Å²) in [5.74, 6) is 0.218. The second-order valence-electron chi connectivity index (χ2n) is 11.1. The standard InChI is InChI=1S/C36H39Cl2N3O5S/c1-4-6-22-39-36(43)34(5-2)40(24-27-14-15-28(37)23-33(27)38)35(42)25-41(47(44,45)32-20-12-26(3)13-21-32)29-16-18-31(19-17-29)46-30-10-8-7-9-11-30/h7-21,23,34H,4-6,22,24-25H2,1-3H3,(H,39,43)/t34-/m0/s1. The molecule has 1 N–H and O–H groups in total. The molecule has 47 heavy (non-hydrogen) atoms. The molecule has 4 rings (SSSR count). The molecule has 1 atom stereocenters. The lowest BCUT2D eigenvalue weighted by molar-refractivity contribution is -0.140. The Morgan fingerprint density at radius 2 is 1.53 bits per heavy atom. The van der Waals surface area contributed by atoms with E-state index in [0.29, 0.717) is 40.1 Å². The number of para-hydroxylation sites is 1. The molecule has 0 fully saturated rings. The third-order valence-electron chi connectivity index (χ3n) is 7.56. The van der Waals surface area contributed by atoms with Gasteiger partial charge in [-0.25, -0.2) is 8.42 Å². The zero-order valence-electron chi connectivity index (χ0n) is 26.7. The molecule has 0 aliphatic heterocycles. The quantitative estimate of drug-likeness (QED) is 0.127. The van der Waals surface area contributed by atoms with E-state index in [2.05, 4.69) is 5.32 Å². The number of carbonyl (C=O) groups is 2. The first-order valence-corrected chi connectivity index (χ1v) is 17.7. The van der Waals surface area contributed by atoms with Crippen molar-refractivity contribution < 1.29 is 22.7 Å². The SMILES string of the molecule is CCCCNC(=O)[C@H](CC)N(Cc1ccc(Cl)cc1Cl)C(=O)CN(c1ccc(Oc2ccccc2)cc1)S(=O)(=O)c1ccc(C)cc1. The number of ether oxygens (including phenoxy) is 1. The Balaban J connectivity index is 1.73. The van der Waals surface area contributed by atoms with Gasteiger partial charge in [-0.3, -0.25) is 13.9 Å². The normalized spacial score (nSPS) is 11.9. The van der Waals surface area contributed by atoms with Gasteiger partial charge in [-0.15, -0.1) is 0 Å². The van der Waals surface area contributed by atoms with E-state index in [4.69, 9.17) is 27.9 Å². The highest BCUT2D eigenvalue weighted by atomic mass is 35.5. The first-order chi connectivity index (χ1) is 22.5. The van der Waals surface area contributed by atoms with Gasteiger partial charge in [-0.2, -0.15) is 0 Å². The lowest BCUT2D eigenvalue weighted by Crippen LogP contribution is -2.52. The van der Waals surface area contributed by atoms with Crippen LogP contribution in [0.1, 0.15) is 44.2 Å². The lowest BCUT2D eigenvalue weighted by Gasteiger charge is -2.33. The van der Waals surface area contributed by atoms with Crippen LogP contribution in [0.3, 0.4) is 0 Å². The number of rotatable bonds is 15. The van der Waals surface area contributed by atoms with E-state index in [-0.39, 0.29) is 23.0 Å². The number of halogens is 2. The second kappa shape index (κ2) is 16.7. The number of benzene rings is 4. The van der Waals surface area contributed by atoms with Gasteiger partial charge in [-0.1, -0.05) is 85.4 Å². The fourth-order valence-corrected chi connectivity index (χ4v) is 6.81. The van der Waals surface area contributed by atoms with Crippen LogP contribution in [0.2, 0.25) is 10.0 Å². The summed E-state index contributed by atoms with van der Waals surface area (Å²) < 4.78 is 35.3. The highest BCUT2D eigenvalue weighted by Crippen LogP contribution is 2.29. The Morgan fingerprint density at radius 1 is 0.872 bits per heavy atom. The summed E-state index contributed by atoms with van der Waals surface area (Å²) in [6, 6.07) is 26.1. The Hall–Kier alpha value is -4.05. The third kappa shape index (κ3) is 9.50. The molecular formula is C36H39Cl2N3O5S. The third-order valence-corrected chi connectivity index (χ3v) is 9.94. The molecule has 0 unspecified atom stereocenters. The van der Waals surface area contributed by atoms with Crippen molar-refractivity contribution in [3.63, 3.8) is 0 Å². The minimum Gasteiger partial charge on any atom is -0.457 e. The molecule has 0 radical (unpaired) electrons. The highest BCUT2D eigenvalue weighted by Gasteiger charge is 2.34. The number of carbonyl (C=O) groups excluding carboxylic acids is 2. The number of nitrogens with one attached hydrogen (secondary N) is 1. The van der Waals surface area contributed by atoms with Gasteiger partial charge in [0.1, 0.15) is 24.1 Å². The molecule has 0 saturated heterocycles. The van der Waals surface area contributed by atoms with Gasteiger partial charge < -0.3 is 15.0 Å². The van der Waals surface area contributed by atoms with Crippen molar-refractivity contribution in [2.75, 3.05) is 17.4 Å². The Labute approximate surface area is 287 Å². The molecule has 2 amide bonds. The van der Waals surface area contributed by atoms with Crippen LogP contribution in [0.15, 0.2) is 102 Å². The Morgan fingerprint density at radius 3 is 2.15 bits per heavy atom. The lowest BCUT2D eigenvalue weighted by atomic mass is 10.1. The number of hydrogen-bond acceptors (Lipinski definition) is 5. The van der Waals surface area contributed by atoms with Crippen LogP contribution in [-0.2, 0) is 26.2 Å². The molecule has 0 aromatic heterocycles. The molecular weight excluding hydrogens is 657 g/mol. The fourth-order valence-electron chi connectivity index (χ4n) is 4.93. The first kappa shape index (κ1) is 35.8. The van der Waals surface area contributed by atoms with Gasteiger partial charge in [0.2, 0.25) is 11.8 Å². The molecule has 4 aromatic carbocycles. The molecule has 0 bridgehead atoms. The van der Waals surface area contributed by atoms with Gasteiger partial charge in [0, 0.05) is 23.1 Å². The van der Waals surface area contributed by atoms with Crippen LogP contribution in [0.4, 0.5) is 5.69 Å². The minimum absolute atomic E-state index is 0.0251. The van der Waals surface area contributed by atoms with E-state index in [1.807, 2.05) is 44.2 Å². The summed E-state index contributed by atoms with van der Waals surface area (Å²) >= 11 is 12.6. The smallest absolute Gasteiger partial charge is 0.264 e. The van der Waals surface area contributed by atoms with Crippen molar-refractivity contribution in [3.05, 3.63) is 118 Å². The number of sulfonamides is 1. The van der Waals surface area contributed by atoms with Crippen molar-refractivity contribution in [3.8, 4) is 11.5 Å². The number of amides is 2.